The molecule has 3 rings (SSSR count). The Labute approximate surface area is 144 Å². The molecule has 1 fully saturated rings. The summed E-state index contributed by atoms with van der Waals surface area (Å²) in [4.78, 5) is 12.1. The van der Waals surface area contributed by atoms with Crippen molar-refractivity contribution in [3.63, 3.8) is 0 Å². The minimum Gasteiger partial charge on any atom is -0.388 e. The summed E-state index contributed by atoms with van der Waals surface area (Å²) in [6.07, 6.45) is 3.35. The van der Waals surface area contributed by atoms with Gasteiger partial charge in [-0.15, -0.1) is 13.2 Å². The van der Waals surface area contributed by atoms with Gasteiger partial charge in [-0.05, 0) is 37.5 Å². The molecule has 4 N–H and O–H groups in total. The van der Waals surface area contributed by atoms with Gasteiger partial charge in [0, 0.05) is 0 Å². The van der Waals surface area contributed by atoms with Crippen molar-refractivity contribution in [2.75, 3.05) is 25.2 Å². The van der Waals surface area contributed by atoms with Crippen molar-refractivity contribution in [3.8, 4) is 0 Å². The van der Waals surface area contributed by atoms with Crippen molar-refractivity contribution in [1.29, 1.82) is 0 Å². The van der Waals surface area contributed by atoms with Gasteiger partial charge in [-0.3, -0.25) is 4.57 Å². The SMILES string of the molecule is C=P(C)(C)CC[C@H]1O[C@@H](n2c(Cl)nc3c(N)ncnc32)[C@H](O)[C@@H]1O. The van der Waals surface area contributed by atoms with Crippen LogP contribution in [0.3, 0.4) is 0 Å². The molecule has 1 aliphatic rings. The molecule has 0 spiro atoms. The Kier molecular flexibility index (Phi) is 4.61. The molecule has 0 unspecified atom stereocenters. The third-order valence-electron chi connectivity index (χ3n) is 4.07. The molecule has 0 bridgehead atoms. The van der Waals surface area contributed by atoms with Gasteiger partial charge in [0.15, 0.2) is 23.2 Å². The van der Waals surface area contributed by atoms with Crippen molar-refractivity contribution >= 4 is 41.8 Å². The van der Waals surface area contributed by atoms with E-state index in [1.54, 1.807) is 0 Å². The van der Waals surface area contributed by atoms with E-state index in [9.17, 15) is 10.2 Å². The van der Waals surface area contributed by atoms with Crippen LogP contribution >= 0.6 is 18.5 Å². The van der Waals surface area contributed by atoms with Gasteiger partial charge in [0.05, 0.1) is 6.10 Å². The van der Waals surface area contributed by atoms with E-state index in [1.807, 2.05) is 0 Å². The molecule has 2 aromatic heterocycles. The van der Waals surface area contributed by atoms with E-state index >= 15 is 0 Å². The van der Waals surface area contributed by atoms with Crippen molar-refractivity contribution in [1.82, 2.24) is 19.5 Å². The molecule has 132 valence electrons. The molecule has 1 saturated heterocycles. The van der Waals surface area contributed by atoms with Crippen LogP contribution in [-0.2, 0) is 4.74 Å². The monoisotopic (exact) mass is 373 g/mol. The Morgan fingerprint density at radius 3 is 2.75 bits per heavy atom. The van der Waals surface area contributed by atoms with Gasteiger partial charge in [-0.2, -0.15) is 0 Å². The first-order valence-electron chi connectivity index (χ1n) is 7.52. The fourth-order valence-electron chi connectivity index (χ4n) is 2.78. The van der Waals surface area contributed by atoms with Gasteiger partial charge < -0.3 is 20.7 Å². The van der Waals surface area contributed by atoms with Gasteiger partial charge in [0.1, 0.15) is 18.5 Å². The number of nitrogens with two attached hydrogens (primary N) is 1. The number of aromatic nitrogens is 4. The molecule has 4 atom stereocenters. The lowest BCUT2D eigenvalue weighted by atomic mass is 10.1. The van der Waals surface area contributed by atoms with Crippen LogP contribution in [0.25, 0.3) is 11.2 Å². The van der Waals surface area contributed by atoms with Gasteiger partial charge in [0.2, 0.25) is 5.28 Å². The van der Waals surface area contributed by atoms with Gasteiger partial charge in [-0.1, -0.05) is 0 Å². The number of hydrogen-bond acceptors (Lipinski definition) is 7. The maximum Gasteiger partial charge on any atom is 0.207 e. The number of rotatable bonds is 4. The van der Waals surface area contributed by atoms with Gasteiger partial charge in [0.25, 0.3) is 0 Å². The smallest absolute Gasteiger partial charge is 0.207 e. The lowest BCUT2D eigenvalue weighted by Crippen LogP contribution is -2.32. The summed E-state index contributed by atoms with van der Waals surface area (Å²) < 4.78 is 7.32. The summed E-state index contributed by atoms with van der Waals surface area (Å²) in [7, 11) is 0. The van der Waals surface area contributed by atoms with Crippen LogP contribution in [0.1, 0.15) is 12.6 Å². The van der Waals surface area contributed by atoms with Crippen LogP contribution in [0.5, 0.6) is 0 Å². The fraction of sp³-hybridized carbons (Fsp3) is 0.571. The number of aliphatic hydroxyl groups excluding tert-OH is 2. The molecule has 0 radical (unpaired) electrons. The number of ether oxygens (including phenoxy) is 1. The highest BCUT2D eigenvalue weighted by Gasteiger charge is 2.45. The lowest BCUT2D eigenvalue weighted by Gasteiger charge is -2.19. The second-order valence-corrected chi connectivity index (χ2v) is 11.3. The number of hydrogen-bond donors (Lipinski definition) is 3. The Balaban J connectivity index is 1.92. The predicted octanol–water partition coefficient (Wildman–Crippen LogP) is 0.780. The molecule has 0 aliphatic carbocycles. The first-order chi connectivity index (χ1) is 11.2. The average Bonchev–Trinajstić information content (AvgIpc) is 2.96. The number of imidazole rings is 1. The van der Waals surface area contributed by atoms with E-state index < -0.39 is 31.4 Å². The third kappa shape index (κ3) is 3.17. The van der Waals surface area contributed by atoms with Crippen LogP contribution < -0.4 is 5.73 Å². The summed E-state index contributed by atoms with van der Waals surface area (Å²) in [5.74, 6) is 0.189. The Morgan fingerprint density at radius 2 is 2.08 bits per heavy atom. The third-order valence-corrected chi connectivity index (χ3v) is 5.81. The van der Waals surface area contributed by atoms with Crippen LogP contribution in [0.2, 0.25) is 5.28 Å². The fourth-order valence-corrected chi connectivity index (χ4v) is 4.00. The molecule has 2 aromatic rings. The quantitative estimate of drug-likeness (QED) is 0.535. The number of halogens is 1. The summed E-state index contributed by atoms with van der Waals surface area (Å²) in [6.45, 7) is 2.97. The molecule has 24 heavy (non-hydrogen) atoms. The zero-order valence-corrected chi connectivity index (χ0v) is 15.2. The van der Waals surface area contributed by atoms with E-state index in [1.165, 1.54) is 10.9 Å². The van der Waals surface area contributed by atoms with E-state index in [0.29, 0.717) is 17.6 Å². The topological polar surface area (TPSA) is 119 Å². The predicted molar refractivity (Wildman–Crippen MR) is 96.0 cm³/mol. The Hall–Kier alpha value is -1.18. The molecule has 8 nitrogen and oxygen atoms in total. The van der Waals surface area contributed by atoms with E-state index in [0.717, 1.165) is 6.16 Å². The van der Waals surface area contributed by atoms with Gasteiger partial charge in [-0.25, -0.2) is 15.0 Å². The summed E-state index contributed by atoms with van der Waals surface area (Å²) in [5, 5.41) is 20.8. The molecule has 0 aromatic carbocycles. The summed E-state index contributed by atoms with van der Waals surface area (Å²) in [5.41, 5.74) is 6.47. The average molecular weight is 374 g/mol. The standard InChI is InChI=1S/C14H21ClN5O3P/c1-24(2,3)5-4-7-9(21)10(22)13(23-7)20-12-8(19-14(20)15)11(16)17-6-18-12/h6-7,9-10,13,21-22H,1,4-5H2,2-3H3,(H2,16,17,18)/t7-,9-,10-,13-/m1/s1. The van der Waals surface area contributed by atoms with Crippen molar-refractivity contribution in [2.24, 2.45) is 0 Å². The minimum atomic E-state index is -1.25. The van der Waals surface area contributed by atoms with Gasteiger partial charge >= 0.3 is 0 Å². The molecule has 1 aliphatic heterocycles. The summed E-state index contributed by atoms with van der Waals surface area (Å²) >= 11 is 6.18. The molecule has 10 heteroatoms. The lowest BCUT2D eigenvalue weighted by molar-refractivity contribution is -0.0351. The normalized spacial score (nSPS) is 27.9. The largest absolute Gasteiger partial charge is 0.388 e. The highest BCUT2D eigenvalue weighted by molar-refractivity contribution is 7.72. The number of aliphatic hydroxyl groups is 2. The second-order valence-electron chi connectivity index (χ2n) is 6.68. The number of anilines is 1. The van der Waals surface area contributed by atoms with E-state index in [2.05, 4.69) is 34.6 Å². The summed E-state index contributed by atoms with van der Waals surface area (Å²) in [6, 6.07) is 0. The number of nitrogens with zero attached hydrogens (tertiary/aromatic N) is 4. The molecule has 0 amide bonds. The number of fused-ring (bicyclic) bond motifs is 1. The second kappa shape index (κ2) is 6.28. The highest BCUT2D eigenvalue weighted by atomic mass is 35.5. The zero-order chi connectivity index (χ0) is 17.6. The first kappa shape index (κ1) is 17.6. The Bertz CT molecular complexity index is 807. The molecular weight excluding hydrogens is 353 g/mol. The highest BCUT2D eigenvalue weighted by Crippen LogP contribution is 2.40. The van der Waals surface area contributed by atoms with Crippen LogP contribution in [0.15, 0.2) is 6.33 Å². The minimum absolute atomic E-state index is 0.0686. The van der Waals surface area contributed by atoms with Crippen molar-refractivity contribution < 1.29 is 14.9 Å². The maximum absolute atomic E-state index is 10.4. The molecule has 3 heterocycles. The van der Waals surface area contributed by atoms with Crippen molar-refractivity contribution in [3.05, 3.63) is 11.6 Å². The van der Waals surface area contributed by atoms with Crippen LogP contribution in [0, 0.1) is 0 Å². The molecular formula is C14H21ClN5O3P. The Morgan fingerprint density at radius 1 is 1.38 bits per heavy atom. The van der Waals surface area contributed by atoms with E-state index in [4.69, 9.17) is 22.1 Å². The first-order valence-corrected chi connectivity index (χ1v) is 10.9. The van der Waals surface area contributed by atoms with Crippen LogP contribution in [0.4, 0.5) is 5.82 Å². The zero-order valence-electron chi connectivity index (χ0n) is 13.5. The maximum atomic E-state index is 10.4. The van der Waals surface area contributed by atoms with E-state index in [-0.39, 0.29) is 11.1 Å². The van der Waals surface area contributed by atoms with Crippen molar-refractivity contribution in [2.45, 2.75) is 31.0 Å². The van der Waals surface area contributed by atoms with Crippen LogP contribution in [-0.4, -0.2) is 73.8 Å². The molecule has 0 saturated carbocycles. The number of nitrogen functional groups attached to an aromatic ring is 1.